The van der Waals surface area contributed by atoms with Crippen molar-refractivity contribution in [2.75, 3.05) is 0 Å². The van der Waals surface area contributed by atoms with Crippen LogP contribution in [0.5, 0.6) is 5.75 Å². The lowest BCUT2D eigenvalue weighted by atomic mass is 9.87. The van der Waals surface area contributed by atoms with Crippen LogP contribution in [0.15, 0.2) is 12.1 Å². The molecule has 11 heavy (non-hydrogen) atoms. The second kappa shape index (κ2) is 3.16. The first-order valence-corrected chi connectivity index (χ1v) is 3.62. The van der Waals surface area contributed by atoms with Gasteiger partial charge in [0.05, 0.1) is 0 Å². The summed E-state index contributed by atoms with van der Waals surface area (Å²) in [4.78, 5) is 0. The molecule has 0 radical (unpaired) electrons. The molecule has 0 unspecified atom stereocenters. The smallest absolute Gasteiger partial charge is 0.308 e. The van der Waals surface area contributed by atoms with Crippen LogP contribution in [0.4, 0.5) is 0 Å². The molecule has 0 spiro atoms. The van der Waals surface area contributed by atoms with E-state index in [-0.39, 0.29) is 13.2 Å². The van der Waals surface area contributed by atoms with Gasteiger partial charge in [0.15, 0.2) is 0 Å². The molecule has 2 nitrogen and oxygen atoms in total. The van der Waals surface area contributed by atoms with Crippen LogP contribution in [0.3, 0.4) is 0 Å². The lowest BCUT2D eigenvalue weighted by Gasteiger charge is -2.02. The Hall–Kier alpha value is -0.665. The van der Waals surface area contributed by atoms with Crippen LogP contribution < -0.4 is 5.46 Å². The van der Waals surface area contributed by atoms with E-state index in [0.29, 0.717) is 10.5 Å². The van der Waals surface area contributed by atoms with Gasteiger partial charge in [0.2, 0.25) is 0 Å². The van der Waals surface area contributed by atoms with Crippen LogP contribution in [0, 0.1) is 6.92 Å². The second-order valence-corrected chi connectivity index (χ2v) is 2.80. The Balaban J connectivity index is 3.21. The molecule has 0 saturated heterocycles. The molecule has 0 atom stereocenters. The lowest BCUT2D eigenvalue weighted by molar-refractivity contribution is 0.478. The number of hydrogen-bond donors (Lipinski definition) is 2. The molecule has 0 aliphatic rings. The van der Waals surface area contributed by atoms with E-state index in [0.717, 1.165) is 5.56 Å². The average Bonchev–Trinajstić information content (AvgIpc) is 1.97. The molecular formula is C7H8BClO2. The molecule has 1 aromatic carbocycles. The van der Waals surface area contributed by atoms with E-state index in [9.17, 15) is 5.11 Å². The van der Waals surface area contributed by atoms with Gasteiger partial charge in [-0.3, -0.25) is 0 Å². The van der Waals surface area contributed by atoms with Gasteiger partial charge in [-0.2, -0.15) is 0 Å². The summed E-state index contributed by atoms with van der Waals surface area (Å²) < 4.78 is 0. The minimum Gasteiger partial charge on any atom is -0.508 e. The summed E-state index contributed by atoms with van der Waals surface area (Å²) in [5.74, 6) is 0.0445. The van der Waals surface area contributed by atoms with Gasteiger partial charge < -0.3 is 10.1 Å². The third-order valence-corrected chi connectivity index (χ3v) is 1.94. The maximum atomic E-state index is 9.17. The molecule has 58 valence electrons. The molecular weight excluding hydrogens is 162 g/mol. The van der Waals surface area contributed by atoms with E-state index < -0.39 is 0 Å². The van der Waals surface area contributed by atoms with Crippen LogP contribution in [-0.4, -0.2) is 17.6 Å². The molecule has 0 aromatic heterocycles. The first kappa shape index (κ1) is 8.43. The fourth-order valence-electron chi connectivity index (χ4n) is 0.857. The third kappa shape index (κ3) is 1.67. The monoisotopic (exact) mass is 170 g/mol. The molecule has 0 amide bonds. The quantitative estimate of drug-likeness (QED) is 0.596. The van der Waals surface area contributed by atoms with Gasteiger partial charge in [-0.15, -0.1) is 0 Å². The number of phenols is 1. The van der Waals surface area contributed by atoms with Crippen LogP contribution in [0.2, 0.25) is 5.02 Å². The van der Waals surface area contributed by atoms with Crippen LogP contribution in [0.1, 0.15) is 5.56 Å². The Bertz CT molecular complexity index is 275. The van der Waals surface area contributed by atoms with Crippen LogP contribution in [-0.2, 0) is 0 Å². The molecule has 1 rings (SSSR count). The number of aromatic hydroxyl groups is 1. The van der Waals surface area contributed by atoms with E-state index in [2.05, 4.69) is 0 Å². The van der Waals surface area contributed by atoms with E-state index in [4.69, 9.17) is 16.6 Å². The predicted octanol–water partition coefficient (Wildman–Crippen LogP) is 0.323. The Labute approximate surface area is 70.7 Å². The maximum Gasteiger partial charge on any atom is 0.308 e. The Kier molecular flexibility index (Phi) is 2.42. The predicted molar refractivity (Wildman–Crippen MR) is 46.9 cm³/mol. The summed E-state index contributed by atoms with van der Waals surface area (Å²) in [7, 11) is -0.163. The minimum absolute atomic E-state index is 0.0445. The Morgan fingerprint density at radius 1 is 1.45 bits per heavy atom. The second-order valence-electron chi connectivity index (χ2n) is 2.39. The molecule has 0 saturated carbocycles. The molecule has 1 aromatic rings. The van der Waals surface area contributed by atoms with Gasteiger partial charge in [-0.05, 0) is 24.0 Å². The van der Waals surface area contributed by atoms with Gasteiger partial charge in [0, 0.05) is 5.02 Å². The van der Waals surface area contributed by atoms with Crippen molar-refractivity contribution < 1.29 is 10.1 Å². The fraction of sp³-hybridized carbons (Fsp3) is 0.143. The number of hydrogen-bond acceptors (Lipinski definition) is 2. The van der Waals surface area contributed by atoms with E-state index in [1.165, 1.54) is 6.07 Å². The topological polar surface area (TPSA) is 40.5 Å². The molecule has 0 fully saturated rings. The Morgan fingerprint density at radius 2 is 2.09 bits per heavy atom. The highest BCUT2D eigenvalue weighted by Gasteiger charge is 2.04. The molecule has 0 bridgehead atoms. The SMILES string of the molecule is Cc1cc(BO)c(O)cc1Cl. The molecule has 4 heteroatoms. The van der Waals surface area contributed by atoms with Gasteiger partial charge in [-0.1, -0.05) is 17.7 Å². The van der Waals surface area contributed by atoms with Crippen molar-refractivity contribution in [1.82, 2.24) is 0 Å². The maximum absolute atomic E-state index is 9.17. The first-order chi connectivity index (χ1) is 5.15. The fourth-order valence-corrected chi connectivity index (χ4v) is 1.02. The minimum atomic E-state index is -0.163. The molecule has 2 N–H and O–H groups in total. The first-order valence-electron chi connectivity index (χ1n) is 3.24. The van der Waals surface area contributed by atoms with Gasteiger partial charge in [-0.25, -0.2) is 0 Å². The van der Waals surface area contributed by atoms with Crippen molar-refractivity contribution in [1.29, 1.82) is 0 Å². The lowest BCUT2D eigenvalue weighted by Crippen LogP contribution is -2.14. The van der Waals surface area contributed by atoms with Gasteiger partial charge in [0.25, 0.3) is 0 Å². The Morgan fingerprint density at radius 3 is 2.64 bits per heavy atom. The van der Waals surface area contributed by atoms with Crippen molar-refractivity contribution in [3.63, 3.8) is 0 Å². The summed E-state index contributed by atoms with van der Waals surface area (Å²) in [5.41, 5.74) is 1.36. The molecule has 0 heterocycles. The number of benzene rings is 1. The number of halogens is 1. The number of rotatable bonds is 1. The summed E-state index contributed by atoms with van der Waals surface area (Å²) in [6, 6.07) is 3.10. The molecule has 0 aliphatic heterocycles. The van der Waals surface area contributed by atoms with E-state index in [1.54, 1.807) is 6.07 Å². The number of phenolic OH excluding ortho intramolecular Hbond substituents is 1. The van der Waals surface area contributed by atoms with Crippen molar-refractivity contribution >= 4 is 24.5 Å². The summed E-state index contributed by atoms with van der Waals surface area (Å²) >= 11 is 5.70. The largest absolute Gasteiger partial charge is 0.508 e. The third-order valence-electron chi connectivity index (χ3n) is 1.53. The van der Waals surface area contributed by atoms with Crippen LogP contribution in [0.25, 0.3) is 0 Å². The summed E-state index contributed by atoms with van der Waals surface area (Å²) in [6.07, 6.45) is 0. The van der Waals surface area contributed by atoms with Crippen molar-refractivity contribution in [2.45, 2.75) is 6.92 Å². The standard InChI is InChI=1S/C7H8BClO2/c1-4-2-5(8-11)7(10)3-6(4)9/h2-3,8,10-11H,1H3. The number of aryl methyl sites for hydroxylation is 1. The average molecular weight is 170 g/mol. The summed E-state index contributed by atoms with van der Waals surface area (Å²) in [6.45, 7) is 1.82. The van der Waals surface area contributed by atoms with Gasteiger partial charge >= 0.3 is 7.48 Å². The van der Waals surface area contributed by atoms with Gasteiger partial charge in [0.1, 0.15) is 5.75 Å². The van der Waals surface area contributed by atoms with Crippen molar-refractivity contribution in [3.05, 3.63) is 22.7 Å². The highest BCUT2D eigenvalue weighted by atomic mass is 35.5. The summed E-state index contributed by atoms with van der Waals surface area (Å²) in [5, 5.41) is 18.4. The normalized spacial score (nSPS) is 9.73. The zero-order valence-electron chi connectivity index (χ0n) is 6.13. The van der Waals surface area contributed by atoms with Crippen molar-refractivity contribution in [3.8, 4) is 5.75 Å². The zero-order chi connectivity index (χ0) is 8.43. The molecule has 0 aliphatic carbocycles. The highest BCUT2D eigenvalue weighted by molar-refractivity contribution is 6.47. The van der Waals surface area contributed by atoms with Crippen LogP contribution >= 0.6 is 11.6 Å². The highest BCUT2D eigenvalue weighted by Crippen LogP contribution is 2.18. The zero-order valence-corrected chi connectivity index (χ0v) is 6.89. The van der Waals surface area contributed by atoms with E-state index in [1.807, 2.05) is 6.92 Å². The van der Waals surface area contributed by atoms with E-state index >= 15 is 0 Å². The van der Waals surface area contributed by atoms with Crippen molar-refractivity contribution in [2.24, 2.45) is 0 Å².